The van der Waals surface area contributed by atoms with E-state index in [1.54, 1.807) is 6.07 Å². The zero-order valence-electron chi connectivity index (χ0n) is 15.5. The third-order valence-electron chi connectivity index (χ3n) is 4.09. The van der Waals surface area contributed by atoms with E-state index in [0.29, 0.717) is 12.0 Å². The number of hydrogen-bond acceptors (Lipinski definition) is 5. The van der Waals surface area contributed by atoms with Gasteiger partial charge in [0.1, 0.15) is 12.4 Å². The van der Waals surface area contributed by atoms with Gasteiger partial charge in [-0.25, -0.2) is 4.68 Å². The van der Waals surface area contributed by atoms with Crippen LogP contribution in [0, 0.1) is 0 Å². The van der Waals surface area contributed by atoms with Crippen LogP contribution >= 0.6 is 0 Å². The number of allylic oxidation sites excluding steroid dienone is 3. The van der Waals surface area contributed by atoms with E-state index >= 15 is 0 Å². The maximum absolute atomic E-state index is 12.9. The van der Waals surface area contributed by atoms with Crippen LogP contribution in [0.4, 0.5) is 19.0 Å². The van der Waals surface area contributed by atoms with Crippen LogP contribution in [-0.2, 0) is 11.3 Å². The zero-order chi connectivity index (χ0) is 20.7. The molecule has 0 aromatic carbocycles. The molecular weight excluding hydrogens is 375 g/mol. The van der Waals surface area contributed by atoms with Gasteiger partial charge in [0.2, 0.25) is 5.91 Å². The van der Waals surface area contributed by atoms with Crippen LogP contribution in [0.25, 0.3) is 0 Å². The maximum Gasteiger partial charge on any atom is 0.417 e. The molecule has 10 heteroatoms. The molecule has 1 amide bonds. The van der Waals surface area contributed by atoms with Crippen LogP contribution < -0.4 is 15.8 Å². The fraction of sp³-hybridized carbons (Fsp3) is 0.444. The molecule has 0 bridgehead atoms. The number of hydrogen-bond donors (Lipinski definition) is 1. The van der Waals surface area contributed by atoms with E-state index in [-0.39, 0.29) is 5.70 Å². The van der Waals surface area contributed by atoms with Crippen molar-refractivity contribution in [1.82, 2.24) is 15.1 Å². The Morgan fingerprint density at radius 3 is 2.61 bits per heavy atom. The lowest BCUT2D eigenvalue weighted by molar-refractivity contribution is -0.121. The predicted molar refractivity (Wildman–Crippen MR) is 100 cm³/mol. The number of aliphatic imine (C=N–C) groups is 1. The van der Waals surface area contributed by atoms with Crippen LogP contribution in [0.3, 0.4) is 0 Å². The second-order valence-electron chi connectivity index (χ2n) is 6.38. The number of piperidine rings is 1. The van der Waals surface area contributed by atoms with Gasteiger partial charge in [-0.3, -0.25) is 14.6 Å². The molecule has 1 N–H and O–H groups in total. The van der Waals surface area contributed by atoms with E-state index in [9.17, 15) is 22.8 Å². The third kappa shape index (κ3) is 6.07. The SMILES string of the molecule is C=N/C=C(\C=C(/C)NC(=O)Cn1nc(N2CCCCC2)ccc1=O)C(F)(F)F. The second kappa shape index (κ2) is 9.34. The number of carbonyl (C=O) groups excluding carboxylic acids is 1. The van der Waals surface area contributed by atoms with E-state index in [4.69, 9.17) is 0 Å². The van der Waals surface area contributed by atoms with Crippen molar-refractivity contribution in [1.29, 1.82) is 0 Å². The van der Waals surface area contributed by atoms with E-state index in [2.05, 4.69) is 22.1 Å². The molecule has 1 fully saturated rings. The van der Waals surface area contributed by atoms with Gasteiger partial charge in [0, 0.05) is 31.1 Å². The maximum atomic E-state index is 12.9. The van der Waals surface area contributed by atoms with Crippen molar-refractivity contribution in [3.8, 4) is 0 Å². The third-order valence-corrected chi connectivity index (χ3v) is 4.09. The molecule has 0 spiro atoms. The Balaban J connectivity index is 2.10. The monoisotopic (exact) mass is 397 g/mol. The highest BCUT2D eigenvalue weighted by Gasteiger charge is 2.32. The summed E-state index contributed by atoms with van der Waals surface area (Å²) in [5.41, 5.74) is -1.57. The molecule has 0 radical (unpaired) electrons. The molecule has 1 saturated heterocycles. The molecule has 2 heterocycles. The van der Waals surface area contributed by atoms with Gasteiger partial charge in [-0.15, -0.1) is 0 Å². The summed E-state index contributed by atoms with van der Waals surface area (Å²) < 4.78 is 39.6. The first-order valence-electron chi connectivity index (χ1n) is 8.75. The molecule has 0 aliphatic carbocycles. The van der Waals surface area contributed by atoms with Gasteiger partial charge in [0.15, 0.2) is 0 Å². The number of nitrogens with zero attached hydrogens (tertiary/aromatic N) is 4. The van der Waals surface area contributed by atoms with Crippen molar-refractivity contribution in [2.24, 2.45) is 4.99 Å². The number of nitrogens with one attached hydrogen (secondary N) is 1. The van der Waals surface area contributed by atoms with Crippen LogP contribution in [0.15, 0.2) is 45.5 Å². The number of amides is 1. The summed E-state index contributed by atoms with van der Waals surface area (Å²) in [4.78, 5) is 29.3. The summed E-state index contributed by atoms with van der Waals surface area (Å²) in [6.45, 7) is 5.55. The number of halogens is 3. The molecule has 1 aromatic heterocycles. The minimum Gasteiger partial charge on any atom is -0.355 e. The van der Waals surface area contributed by atoms with E-state index < -0.39 is 29.8 Å². The van der Waals surface area contributed by atoms with E-state index in [1.807, 2.05) is 4.90 Å². The van der Waals surface area contributed by atoms with Crippen LogP contribution in [-0.4, -0.2) is 41.7 Å². The normalized spacial score (nSPS) is 16.1. The molecule has 2 rings (SSSR count). The molecular formula is C18H22F3N5O2. The number of aromatic nitrogens is 2. The van der Waals surface area contributed by atoms with Crippen molar-refractivity contribution in [2.45, 2.75) is 38.9 Å². The number of rotatable bonds is 6. The van der Waals surface area contributed by atoms with E-state index in [1.165, 1.54) is 13.0 Å². The predicted octanol–water partition coefficient (Wildman–Crippen LogP) is 2.40. The Morgan fingerprint density at radius 2 is 2.00 bits per heavy atom. The second-order valence-corrected chi connectivity index (χ2v) is 6.38. The summed E-state index contributed by atoms with van der Waals surface area (Å²) in [6.07, 6.45) is -0.134. The first kappa shape index (κ1) is 21.4. The Kier molecular flexibility index (Phi) is 7.13. The van der Waals surface area contributed by atoms with Gasteiger partial charge in [-0.2, -0.15) is 18.3 Å². The van der Waals surface area contributed by atoms with Crippen molar-refractivity contribution >= 4 is 18.4 Å². The first-order valence-corrected chi connectivity index (χ1v) is 8.75. The van der Waals surface area contributed by atoms with Gasteiger partial charge >= 0.3 is 6.18 Å². The average Bonchev–Trinajstić information content (AvgIpc) is 2.63. The first-order chi connectivity index (χ1) is 13.2. The van der Waals surface area contributed by atoms with Gasteiger partial charge in [0.05, 0.1) is 5.57 Å². The molecule has 1 aliphatic rings. The summed E-state index contributed by atoms with van der Waals surface area (Å²) in [5.74, 6) is -0.0639. The lowest BCUT2D eigenvalue weighted by Gasteiger charge is -2.27. The number of alkyl halides is 3. The summed E-state index contributed by atoms with van der Waals surface area (Å²) in [5, 5.41) is 6.53. The Labute approximate surface area is 160 Å². The molecule has 1 aliphatic heterocycles. The minimum atomic E-state index is -4.63. The lowest BCUT2D eigenvalue weighted by atomic mass is 10.1. The van der Waals surface area contributed by atoms with Crippen molar-refractivity contribution in [2.75, 3.05) is 18.0 Å². The quantitative estimate of drug-likeness (QED) is 0.591. The van der Waals surface area contributed by atoms with Crippen molar-refractivity contribution in [3.63, 3.8) is 0 Å². The Bertz CT molecular complexity index is 836. The van der Waals surface area contributed by atoms with E-state index in [0.717, 1.165) is 43.1 Å². The minimum absolute atomic E-state index is 0.0440. The zero-order valence-corrected chi connectivity index (χ0v) is 15.5. The molecule has 0 atom stereocenters. The van der Waals surface area contributed by atoms with Gasteiger partial charge in [-0.05, 0) is 45.0 Å². The fourth-order valence-electron chi connectivity index (χ4n) is 2.80. The van der Waals surface area contributed by atoms with Crippen LogP contribution in [0.5, 0.6) is 0 Å². The van der Waals surface area contributed by atoms with Gasteiger partial charge in [-0.1, -0.05) is 0 Å². The van der Waals surface area contributed by atoms with Crippen molar-refractivity contribution in [3.05, 3.63) is 46.0 Å². The Morgan fingerprint density at radius 1 is 1.32 bits per heavy atom. The summed E-state index contributed by atoms with van der Waals surface area (Å²) in [7, 11) is 0. The molecule has 28 heavy (non-hydrogen) atoms. The lowest BCUT2D eigenvalue weighted by Crippen LogP contribution is -2.36. The van der Waals surface area contributed by atoms with Crippen LogP contribution in [0.2, 0.25) is 0 Å². The van der Waals surface area contributed by atoms with Crippen LogP contribution in [0.1, 0.15) is 26.2 Å². The van der Waals surface area contributed by atoms with Gasteiger partial charge < -0.3 is 10.2 Å². The molecule has 7 nitrogen and oxygen atoms in total. The summed E-state index contributed by atoms with van der Waals surface area (Å²) >= 11 is 0. The van der Waals surface area contributed by atoms with Crippen molar-refractivity contribution < 1.29 is 18.0 Å². The largest absolute Gasteiger partial charge is 0.417 e. The average molecular weight is 397 g/mol. The summed E-state index contributed by atoms with van der Waals surface area (Å²) in [6, 6.07) is 2.93. The standard InChI is InChI=1S/C18H22F3N5O2/c1-13(10-14(11-22-2)18(19,20)21)23-16(27)12-26-17(28)7-6-15(24-26)25-8-4-3-5-9-25/h6-7,10-11H,2-5,8-9,12H2,1H3,(H,23,27)/b13-10+,14-11+. The fourth-order valence-corrected chi connectivity index (χ4v) is 2.80. The highest BCUT2D eigenvalue weighted by atomic mass is 19.4. The molecule has 0 unspecified atom stereocenters. The highest BCUT2D eigenvalue weighted by molar-refractivity contribution is 5.77. The number of carbonyl (C=O) groups is 1. The topological polar surface area (TPSA) is 79.6 Å². The number of anilines is 1. The molecule has 0 saturated carbocycles. The smallest absolute Gasteiger partial charge is 0.355 e. The highest BCUT2D eigenvalue weighted by Crippen LogP contribution is 2.27. The van der Waals surface area contributed by atoms with Gasteiger partial charge in [0.25, 0.3) is 5.56 Å². The molecule has 1 aromatic rings. The molecule has 152 valence electrons. The Hall–Kier alpha value is -2.91.